The highest BCUT2D eigenvalue weighted by Gasteiger charge is 2.13. The second-order valence-corrected chi connectivity index (χ2v) is 4.94. The Morgan fingerprint density at radius 1 is 1.00 bits per heavy atom. The fourth-order valence-electron chi connectivity index (χ4n) is 2.01. The molecule has 0 bridgehead atoms. The van der Waals surface area contributed by atoms with Crippen molar-refractivity contribution in [2.24, 2.45) is 0 Å². The number of methoxy groups -OCH3 is 3. The molecule has 0 unspecified atom stereocenters. The molecule has 0 atom stereocenters. The zero-order valence-corrected chi connectivity index (χ0v) is 14.2. The van der Waals surface area contributed by atoms with E-state index in [1.165, 1.54) is 27.5 Å². The summed E-state index contributed by atoms with van der Waals surface area (Å²) < 4.78 is 14.9. The number of benzene rings is 1. The molecule has 2 amide bonds. The van der Waals surface area contributed by atoms with Crippen LogP contribution in [0.25, 0.3) is 0 Å². The first-order valence-corrected chi connectivity index (χ1v) is 7.35. The fraction of sp³-hybridized carbons (Fsp3) is 0.235. The van der Waals surface area contributed by atoms with E-state index in [2.05, 4.69) is 15.6 Å². The van der Waals surface area contributed by atoms with Crippen molar-refractivity contribution in [2.75, 3.05) is 38.6 Å². The van der Waals surface area contributed by atoms with Gasteiger partial charge in [-0.05, 0) is 18.2 Å². The molecule has 2 N–H and O–H groups in total. The number of nitrogens with one attached hydrogen (secondary N) is 2. The van der Waals surface area contributed by atoms with Crippen molar-refractivity contribution in [3.05, 3.63) is 42.1 Å². The summed E-state index contributed by atoms with van der Waals surface area (Å²) in [6.45, 7) is -0.0954. The molecule has 0 saturated heterocycles. The zero-order valence-electron chi connectivity index (χ0n) is 14.2. The van der Waals surface area contributed by atoms with Crippen LogP contribution in [0.15, 0.2) is 36.5 Å². The van der Waals surface area contributed by atoms with Crippen molar-refractivity contribution in [2.45, 2.75) is 0 Å². The molecule has 2 aromatic rings. The van der Waals surface area contributed by atoms with Crippen molar-refractivity contribution >= 4 is 23.2 Å². The molecule has 2 rings (SSSR count). The normalized spacial score (nSPS) is 10.0. The minimum Gasteiger partial charge on any atom is -0.497 e. The number of amides is 2. The van der Waals surface area contributed by atoms with Crippen LogP contribution in [0.2, 0.25) is 0 Å². The molecule has 0 aliphatic rings. The first-order valence-electron chi connectivity index (χ1n) is 7.35. The maximum atomic E-state index is 12.4. The summed E-state index contributed by atoms with van der Waals surface area (Å²) >= 11 is 0. The van der Waals surface area contributed by atoms with Gasteiger partial charge in [-0.3, -0.25) is 9.59 Å². The first kappa shape index (κ1) is 18.2. The van der Waals surface area contributed by atoms with Crippen molar-refractivity contribution in [1.82, 2.24) is 4.98 Å². The summed E-state index contributed by atoms with van der Waals surface area (Å²) in [4.78, 5) is 28.1. The molecule has 1 aromatic heterocycles. The van der Waals surface area contributed by atoms with Gasteiger partial charge >= 0.3 is 0 Å². The van der Waals surface area contributed by atoms with E-state index in [1.54, 1.807) is 30.3 Å². The van der Waals surface area contributed by atoms with Crippen LogP contribution in [0.4, 0.5) is 11.4 Å². The lowest BCUT2D eigenvalue weighted by Crippen LogP contribution is -2.19. The fourth-order valence-corrected chi connectivity index (χ4v) is 2.01. The molecule has 1 heterocycles. The molecule has 25 heavy (non-hydrogen) atoms. The van der Waals surface area contributed by atoms with Crippen LogP contribution >= 0.6 is 0 Å². The molecule has 8 heteroatoms. The molecule has 8 nitrogen and oxygen atoms in total. The third-order valence-corrected chi connectivity index (χ3v) is 3.23. The van der Waals surface area contributed by atoms with Crippen LogP contribution < -0.4 is 20.1 Å². The topological polar surface area (TPSA) is 98.8 Å². The highest BCUT2D eigenvalue weighted by atomic mass is 16.5. The maximum absolute atomic E-state index is 12.4. The van der Waals surface area contributed by atoms with E-state index < -0.39 is 0 Å². The van der Waals surface area contributed by atoms with Gasteiger partial charge in [0, 0.05) is 25.4 Å². The van der Waals surface area contributed by atoms with Crippen molar-refractivity contribution in [1.29, 1.82) is 0 Å². The van der Waals surface area contributed by atoms with Crippen LogP contribution in [0.3, 0.4) is 0 Å². The van der Waals surface area contributed by atoms with E-state index >= 15 is 0 Å². The molecule has 0 fully saturated rings. The van der Waals surface area contributed by atoms with Gasteiger partial charge in [0.05, 0.1) is 31.2 Å². The predicted octanol–water partition coefficient (Wildman–Crippen LogP) is 1.94. The van der Waals surface area contributed by atoms with Gasteiger partial charge in [0.1, 0.15) is 12.4 Å². The van der Waals surface area contributed by atoms with Gasteiger partial charge in [-0.1, -0.05) is 0 Å². The maximum Gasteiger partial charge on any atom is 0.257 e. The van der Waals surface area contributed by atoms with E-state index in [4.69, 9.17) is 14.2 Å². The molecule has 0 radical (unpaired) electrons. The average Bonchev–Trinajstić information content (AvgIpc) is 2.63. The minimum atomic E-state index is -0.384. The number of carbonyl (C=O) groups is 2. The van der Waals surface area contributed by atoms with Crippen molar-refractivity contribution in [3.8, 4) is 11.6 Å². The molecule has 0 saturated carbocycles. The number of nitrogens with zero attached hydrogens (tertiary/aromatic N) is 1. The Hall–Kier alpha value is -3.13. The highest BCUT2D eigenvalue weighted by molar-refractivity contribution is 6.07. The molecule has 132 valence electrons. The number of hydrogen-bond donors (Lipinski definition) is 2. The van der Waals surface area contributed by atoms with E-state index in [9.17, 15) is 9.59 Å². The van der Waals surface area contributed by atoms with Gasteiger partial charge in [0.25, 0.3) is 5.91 Å². The monoisotopic (exact) mass is 345 g/mol. The minimum absolute atomic E-state index is 0.0954. The molecule has 0 aliphatic carbocycles. The molecule has 1 aromatic carbocycles. The number of aromatic nitrogens is 1. The van der Waals surface area contributed by atoms with Gasteiger partial charge in [-0.25, -0.2) is 4.98 Å². The summed E-state index contributed by atoms with van der Waals surface area (Å²) in [5, 5.41) is 5.40. The number of pyridine rings is 1. The quantitative estimate of drug-likeness (QED) is 0.796. The summed E-state index contributed by atoms with van der Waals surface area (Å²) in [6.07, 6.45) is 1.40. The van der Waals surface area contributed by atoms with Gasteiger partial charge in [0.15, 0.2) is 0 Å². The highest BCUT2D eigenvalue weighted by Crippen LogP contribution is 2.27. The molecular formula is C17H19N3O5. The molecule has 0 spiro atoms. The SMILES string of the molecule is COCC(=O)Nc1ccc(OC)cc1NC(=O)c1ccc(OC)nc1. The van der Waals surface area contributed by atoms with Crippen LogP contribution in [0.5, 0.6) is 11.6 Å². The first-order chi connectivity index (χ1) is 12.1. The second-order valence-electron chi connectivity index (χ2n) is 4.94. The van der Waals surface area contributed by atoms with Gasteiger partial charge < -0.3 is 24.8 Å². The standard InChI is InChI=1S/C17H19N3O5/c1-23-10-15(21)19-13-6-5-12(24-2)8-14(13)20-17(22)11-4-7-16(25-3)18-9-11/h4-9H,10H2,1-3H3,(H,19,21)(H,20,22). The lowest BCUT2D eigenvalue weighted by Gasteiger charge is -2.14. The smallest absolute Gasteiger partial charge is 0.257 e. The lowest BCUT2D eigenvalue weighted by atomic mass is 10.2. The molecule has 0 aliphatic heterocycles. The number of anilines is 2. The van der Waals surface area contributed by atoms with Crippen molar-refractivity contribution < 1.29 is 23.8 Å². The average molecular weight is 345 g/mol. The van der Waals surface area contributed by atoms with Crippen LogP contribution in [-0.4, -0.2) is 44.7 Å². The summed E-state index contributed by atoms with van der Waals surface area (Å²) in [7, 11) is 4.43. The van der Waals surface area contributed by atoms with E-state index in [-0.39, 0.29) is 18.4 Å². The Balaban J connectivity index is 2.22. The van der Waals surface area contributed by atoms with E-state index in [0.29, 0.717) is 28.6 Å². The third-order valence-electron chi connectivity index (χ3n) is 3.23. The van der Waals surface area contributed by atoms with Gasteiger partial charge in [0.2, 0.25) is 11.8 Å². The number of carbonyl (C=O) groups excluding carboxylic acids is 2. The largest absolute Gasteiger partial charge is 0.497 e. The van der Waals surface area contributed by atoms with Gasteiger partial charge in [-0.2, -0.15) is 0 Å². The van der Waals surface area contributed by atoms with Crippen LogP contribution in [0.1, 0.15) is 10.4 Å². The van der Waals surface area contributed by atoms with Crippen LogP contribution in [-0.2, 0) is 9.53 Å². The van der Waals surface area contributed by atoms with Crippen molar-refractivity contribution in [3.63, 3.8) is 0 Å². The number of ether oxygens (including phenoxy) is 3. The Morgan fingerprint density at radius 2 is 1.80 bits per heavy atom. The zero-order chi connectivity index (χ0) is 18.2. The Labute approximate surface area is 145 Å². The van der Waals surface area contributed by atoms with E-state index in [1.807, 2.05) is 0 Å². The van der Waals surface area contributed by atoms with E-state index in [0.717, 1.165) is 0 Å². The van der Waals surface area contributed by atoms with Crippen LogP contribution in [0, 0.1) is 0 Å². The number of rotatable bonds is 7. The number of hydrogen-bond acceptors (Lipinski definition) is 6. The summed E-state index contributed by atoms with van der Waals surface area (Å²) in [6, 6.07) is 8.09. The predicted molar refractivity (Wildman–Crippen MR) is 92.2 cm³/mol. The Kier molecular flexibility index (Phi) is 6.30. The summed E-state index contributed by atoms with van der Waals surface area (Å²) in [5.41, 5.74) is 1.17. The van der Waals surface area contributed by atoms with Gasteiger partial charge in [-0.15, -0.1) is 0 Å². The third kappa shape index (κ3) is 4.92. The Bertz CT molecular complexity index is 746. The second kappa shape index (κ2) is 8.65. The Morgan fingerprint density at radius 3 is 2.40 bits per heavy atom. The summed E-state index contributed by atoms with van der Waals surface area (Å²) in [5.74, 6) is 0.221. The molecular weight excluding hydrogens is 326 g/mol. The lowest BCUT2D eigenvalue weighted by molar-refractivity contribution is -0.119.